The molecule has 2 N–H and O–H groups in total. The first kappa shape index (κ1) is 18.6. The van der Waals surface area contributed by atoms with Crippen molar-refractivity contribution in [2.75, 3.05) is 26.2 Å². The highest BCUT2D eigenvalue weighted by molar-refractivity contribution is 7.09. The molecule has 1 saturated heterocycles. The molecule has 1 aromatic heterocycles. The van der Waals surface area contributed by atoms with Crippen LogP contribution in [0.5, 0.6) is 0 Å². The Morgan fingerprint density at radius 3 is 2.92 bits per heavy atom. The maximum Gasteiger partial charge on any atom is 0.191 e. The molecular formula is C19H33N5S. The van der Waals surface area contributed by atoms with Crippen molar-refractivity contribution >= 4 is 17.3 Å². The van der Waals surface area contributed by atoms with E-state index in [1.54, 1.807) is 11.3 Å². The van der Waals surface area contributed by atoms with E-state index in [1.165, 1.54) is 50.2 Å². The molecule has 0 bridgehead atoms. The minimum absolute atomic E-state index is 0.542. The van der Waals surface area contributed by atoms with Crippen molar-refractivity contribution in [1.29, 1.82) is 0 Å². The summed E-state index contributed by atoms with van der Waals surface area (Å²) in [5, 5.41) is 10.4. The standard InChI is InChI=1S/C19H33N5S/c1-3-20-19(21-11-6-9-18-22-15(2)14-25-18)23-16-10-12-24(13-16)17-7-4-5-8-17/h14,16-17H,3-13H2,1-2H3,(H2,20,21,23). The van der Waals surface area contributed by atoms with Gasteiger partial charge >= 0.3 is 0 Å². The number of aryl methyl sites for hydroxylation is 2. The van der Waals surface area contributed by atoms with E-state index in [9.17, 15) is 0 Å². The molecule has 140 valence electrons. The van der Waals surface area contributed by atoms with Crippen LogP contribution < -0.4 is 10.6 Å². The average molecular weight is 364 g/mol. The average Bonchev–Trinajstić information content (AvgIpc) is 3.33. The maximum atomic E-state index is 4.77. The molecule has 1 aliphatic carbocycles. The van der Waals surface area contributed by atoms with E-state index < -0.39 is 0 Å². The van der Waals surface area contributed by atoms with Gasteiger partial charge in [0.1, 0.15) is 0 Å². The molecule has 1 aromatic rings. The number of nitrogens with zero attached hydrogens (tertiary/aromatic N) is 3. The van der Waals surface area contributed by atoms with Crippen LogP contribution in [-0.4, -0.2) is 54.1 Å². The molecule has 25 heavy (non-hydrogen) atoms. The summed E-state index contributed by atoms with van der Waals surface area (Å²) in [4.78, 5) is 12.0. The third-order valence-corrected chi connectivity index (χ3v) is 6.26. The van der Waals surface area contributed by atoms with E-state index in [0.717, 1.165) is 43.6 Å². The predicted molar refractivity (Wildman–Crippen MR) is 107 cm³/mol. The first-order valence-electron chi connectivity index (χ1n) is 9.94. The number of aliphatic imine (C=N–C) groups is 1. The van der Waals surface area contributed by atoms with Crippen molar-refractivity contribution in [2.24, 2.45) is 4.99 Å². The number of hydrogen-bond acceptors (Lipinski definition) is 4. The first-order valence-corrected chi connectivity index (χ1v) is 10.8. The van der Waals surface area contributed by atoms with Gasteiger partial charge in [-0.2, -0.15) is 0 Å². The van der Waals surface area contributed by atoms with E-state index in [1.807, 2.05) is 0 Å². The molecule has 0 spiro atoms. The monoisotopic (exact) mass is 363 g/mol. The fourth-order valence-corrected chi connectivity index (χ4v) is 4.78. The lowest BCUT2D eigenvalue weighted by molar-refractivity contribution is 0.242. The summed E-state index contributed by atoms with van der Waals surface area (Å²) in [5.41, 5.74) is 1.13. The van der Waals surface area contributed by atoms with Crippen molar-refractivity contribution < 1.29 is 0 Å². The van der Waals surface area contributed by atoms with Crippen LogP contribution in [0, 0.1) is 6.92 Å². The fourth-order valence-electron chi connectivity index (χ4n) is 3.96. The number of nitrogens with one attached hydrogen (secondary N) is 2. The molecule has 3 rings (SSSR count). The van der Waals surface area contributed by atoms with Crippen LogP contribution in [-0.2, 0) is 6.42 Å². The summed E-state index contributed by atoms with van der Waals surface area (Å²) in [6.07, 6.45) is 8.96. The molecule has 1 aliphatic heterocycles. The quantitative estimate of drug-likeness (QED) is 0.444. The van der Waals surface area contributed by atoms with Crippen LogP contribution in [0.15, 0.2) is 10.4 Å². The van der Waals surface area contributed by atoms with Crippen molar-refractivity contribution in [3.05, 3.63) is 16.1 Å². The third kappa shape index (κ3) is 5.68. The topological polar surface area (TPSA) is 52.6 Å². The van der Waals surface area contributed by atoms with Crippen LogP contribution in [0.2, 0.25) is 0 Å². The summed E-state index contributed by atoms with van der Waals surface area (Å²) >= 11 is 1.76. The van der Waals surface area contributed by atoms with Crippen LogP contribution in [0.25, 0.3) is 0 Å². The van der Waals surface area contributed by atoms with E-state index in [4.69, 9.17) is 4.99 Å². The van der Waals surface area contributed by atoms with Gasteiger partial charge in [-0.25, -0.2) is 4.98 Å². The van der Waals surface area contributed by atoms with Gasteiger partial charge < -0.3 is 10.6 Å². The van der Waals surface area contributed by atoms with Gasteiger partial charge in [0, 0.05) is 55.8 Å². The van der Waals surface area contributed by atoms with Gasteiger partial charge in [-0.3, -0.25) is 9.89 Å². The van der Waals surface area contributed by atoms with Crippen molar-refractivity contribution in [1.82, 2.24) is 20.5 Å². The van der Waals surface area contributed by atoms with Gasteiger partial charge in [0.2, 0.25) is 0 Å². The fraction of sp³-hybridized carbons (Fsp3) is 0.789. The van der Waals surface area contributed by atoms with Gasteiger partial charge in [-0.05, 0) is 39.5 Å². The molecule has 5 nitrogen and oxygen atoms in total. The molecule has 2 fully saturated rings. The lowest BCUT2D eigenvalue weighted by Gasteiger charge is -2.24. The molecule has 0 amide bonds. The zero-order chi connectivity index (χ0) is 17.5. The SMILES string of the molecule is CCNC(=NCCCc1nc(C)cs1)NC1CCN(C2CCCC2)C1. The minimum Gasteiger partial charge on any atom is -0.357 e. The second-order valence-corrected chi connectivity index (χ2v) is 8.25. The number of aromatic nitrogens is 1. The summed E-state index contributed by atoms with van der Waals surface area (Å²) in [5.74, 6) is 0.982. The number of rotatable bonds is 7. The molecule has 1 unspecified atom stereocenters. The Labute approximate surface area is 156 Å². The van der Waals surface area contributed by atoms with Gasteiger partial charge in [0.25, 0.3) is 0 Å². The second-order valence-electron chi connectivity index (χ2n) is 7.31. The van der Waals surface area contributed by atoms with Crippen molar-refractivity contribution in [2.45, 2.75) is 70.9 Å². The van der Waals surface area contributed by atoms with Gasteiger partial charge in [0.05, 0.1) is 5.01 Å². The summed E-state index contributed by atoms with van der Waals surface area (Å²) < 4.78 is 0. The summed E-state index contributed by atoms with van der Waals surface area (Å²) in [7, 11) is 0. The number of thiazole rings is 1. The van der Waals surface area contributed by atoms with Crippen molar-refractivity contribution in [3.8, 4) is 0 Å². The Morgan fingerprint density at radius 2 is 2.20 bits per heavy atom. The van der Waals surface area contributed by atoms with Crippen LogP contribution in [0.1, 0.15) is 56.2 Å². The predicted octanol–water partition coefficient (Wildman–Crippen LogP) is 2.96. The number of guanidine groups is 1. The first-order chi connectivity index (χ1) is 12.2. The Bertz CT molecular complexity index is 550. The minimum atomic E-state index is 0.542. The Morgan fingerprint density at radius 1 is 1.36 bits per heavy atom. The highest BCUT2D eigenvalue weighted by atomic mass is 32.1. The molecule has 2 heterocycles. The van der Waals surface area contributed by atoms with Crippen LogP contribution in [0.4, 0.5) is 0 Å². The van der Waals surface area contributed by atoms with E-state index in [-0.39, 0.29) is 0 Å². The van der Waals surface area contributed by atoms with Crippen LogP contribution >= 0.6 is 11.3 Å². The van der Waals surface area contributed by atoms with Gasteiger partial charge in [0.15, 0.2) is 5.96 Å². The molecule has 1 atom stereocenters. The molecule has 0 radical (unpaired) electrons. The van der Waals surface area contributed by atoms with Crippen molar-refractivity contribution in [3.63, 3.8) is 0 Å². The van der Waals surface area contributed by atoms with E-state index >= 15 is 0 Å². The summed E-state index contributed by atoms with van der Waals surface area (Å²) in [6.45, 7) is 8.37. The Kier molecular flexibility index (Phi) is 7.11. The zero-order valence-electron chi connectivity index (χ0n) is 15.8. The molecular weight excluding hydrogens is 330 g/mol. The van der Waals surface area contributed by atoms with Gasteiger partial charge in [-0.1, -0.05) is 12.8 Å². The highest BCUT2D eigenvalue weighted by Gasteiger charge is 2.30. The second kappa shape index (κ2) is 9.53. The van der Waals surface area contributed by atoms with E-state index in [2.05, 4.69) is 39.7 Å². The lowest BCUT2D eigenvalue weighted by atomic mass is 10.2. The molecule has 1 saturated carbocycles. The normalized spacial score (nSPS) is 22.6. The molecule has 2 aliphatic rings. The largest absolute Gasteiger partial charge is 0.357 e. The Balaban J connectivity index is 1.42. The number of hydrogen-bond donors (Lipinski definition) is 2. The van der Waals surface area contributed by atoms with Gasteiger partial charge in [-0.15, -0.1) is 11.3 Å². The maximum absolute atomic E-state index is 4.77. The smallest absolute Gasteiger partial charge is 0.191 e. The highest BCUT2D eigenvalue weighted by Crippen LogP contribution is 2.26. The third-order valence-electron chi connectivity index (χ3n) is 5.23. The molecule has 6 heteroatoms. The Hall–Kier alpha value is -1.14. The molecule has 0 aromatic carbocycles. The number of likely N-dealkylation sites (tertiary alicyclic amines) is 1. The lowest BCUT2D eigenvalue weighted by Crippen LogP contribution is -2.45. The van der Waals surface area contributed by atoms with Crippen LogP contribution in [0.3, 0.4) is 0 Å². The van der Waals surface area contributed by atoms with E-state index in [0.29, 0.717) is 6.04 Å². The summed E-state index contributed by atoms with van der Waals surface area (Å²) in [6, 6.07) is 1.38. The zero-order valence-corrected chi connectivity index (χ0v) is 16.6.